The van der Waals surface area contributed by atoms with Gasteiger partial charge in [-0.2, -0.15) is 0 Å². The summed E-state index contributed by atoms with van der Waals surface area (Å²) in [7, 11) is 0. The molecule has 0 spiro atoms. The lowest BCUT2D eigenvalue weighted by Crippen LogP contribution is -2.00. The molecule has 0 fully saturated rings. The van der Waals surface area contributed by atoms with Gasteiger partial charge in [0.05, 0.1) is 10.2 Å². The van der Waals surface area contributed by atoms with Gasteiger partial charge in [-0.05, 0) is 39.7 Å². The van der Waals surface area contributed by atoms with Crippen molar-refractivity contribution in [2.75, 3.05) is 0 Å². The van der Waals surface area contributed by atoms with Gasteiger partial charge in [0.1, 0.15) is 0 Å². The fraction of sp³-hybridized carbons (Fsp3) is 0.0833. The van der Waals surface area contributed by atoms with Crippen LogP contribution < -0.4 is 0 Å². The zero-order valence-electron chi connectivity index (χ0n) is 9.03. The van der Waals surface area contributed by atoms with Crippen LogP contribution in [0.3, 0.4) is 0 Å². The monoisotopic (exact) mass is 391 g/mol. The predicted octanol–water partition coefficient (Wildman–Crippen LogP) is 4.41. The summed E-state index contributed by atoms with van der Waals surface area (Å²) in [6, 6.07) is 7.18. The Morgan fingerprint density at radius 1 is 1.33 bits per heavy atom. The summed E-state index contributed by atoms with van der Waals surface area (Å²) in [6.45, 7) is 0.514. The van der Waals surface area contributed by atoms with Crippen LogP contribution in [-0.4, -0.2) is 15.6 Å². The molecule has 1 aromatic heterocycles. The Kier molecular flexibility index (Phi) is 4.14. The van der Waals surface area contributed by atoms with E-state index in [1.807, 2.05) is 18.2 Å². The van der Waals surface area contributed by atoms with Gasteiger partial charge in [-0.1, -0.05) is 33.6 Å². The third-order valence-electron chi connectivity index (χ3n) is 2.45. The first-order valence-electron chi connectivity index (χ1n) is 5.00. The molecule has 0 saturated heterocycles. The second kappa shape index (κ2) is 5.47. The van der Waals surface area contributed by atoms with Gasteiger partial charge in [0.25, 0.3) is 0 Å². The number of hydrogen-bond acceptors (Lipinski definition) is 1. The number of hydrogen-bond donors (Lipinski definition) is 1. The average Bonchev–Trinajstić information content (AvgIpc) is 2.64. The fourth-order valence-electron chi connectivity index (χ4n) is 1.55. The number of halogens is 3. The highest BCUT2D eigenvalue weighted by Gasteiger charge is 2.10. The van der Waals surface area contributed by atoms with Gasteiger partial charge in [-0.3, -0.25) is 0 Å². The smallest absolute Gasteiger partial charge is 0.337 e. The highest BCUT2D eigenvalue weighted by Crippen LogP contribution is 2.24. The Morgan fingerprint density at radius 2 is 2.06 bits per heavy atom. The Labute approximate surface area is 126 Å². The van der Waals surface area contributed by atoms with Gasteiger partial charge in [-0.25, -0.2) is 4.79 Å². The minimum absolute atomic E-state index is 0.245. The van der Waals surface area contributed by atoms with Crippen LogP contribution >= 0.6 is 43.5 Å². The van der Waals surface area contributed by atoms with Crippen molar-refractivity contribution in [3.05, 3.63) is 55.7 Å². The number of aromatic nitrogens is 1. The average molecular weight is 393 g/mol. The molecule has 6 heteroatoms. The normalized spacial score (nSPS) is 10.6. The van der Waals surface area contributed by atoms with E-state index in [2.05, 4.69) is 31.9 Å². The molecule has 2 aromatic rings. The molecule has 2 rings (SSSR count). The maximum absolute atomic E-state index is 10.9. The van der Waals surface area contributed by atoms with Crippen LogP contribution in [0.15, 0.2) is 39.5 Å². The summed E-state index contributed by atoms with van der Waals surface area (Å²) in [4.78, 5) is 10.9. The largest absolute Gasteiger partial charge is 0.478 e. The molecule has 0 aliphatic heterocycles. The molecular formula is C12H8Br2ClNO2. The summed E-state index contributed by atoms with van der Waals surface area (Å²) in [5.41, 5.74) is 1.17. The lowest BCUT2D eigenvalue weighted by molar-refractivity contribution is 0.0697. The summed E-state index contributed by atoms with van der Waals surface area (Å²) in [5.74, 6) is -0.948. The van der Waals surface area contributed by atoms with Crippen LogP contribution in [-0.2, 0) is 6.54 Å². The summed E-state index contributed by atoms with van der Waals surface area (Å²) < 4.78 is 3.41. The van der Waals surface area contributed by atoms with Crippen molar-refractivity contribution in [2.45, 2.75) is 6.54 Å². The zero-order chi connectivity index (χ0) is 13.3. The van der Waals surface area contributed by atoms with E-state index in [1.165, 1.54) is 0 Å². The van der Waals surface area contributed by atoms with Crippen LogP contribution in [0.1, 0.15) is 15.9 Å². The predicted molar refractivity (Wildman–Crippen MR) is 77.3 cm³/mol. The van der Waals surface area contributed by atoms with Gasteiger partial charge < -0.3 is 9.67 Å². The number of rotatable bonds is 3. The molecule has 1 heterocycles. The first-order valence-corrected chi connectivity index (χ1v) is 6.96. The molecule has 1 aromatic carbocycles. The molecule has 0 unspecified atom stereocenters. The molecular weight excluding hydrogens is 385 g/mol. The molecule has 0 bridgehead atoms. The Balaban J connectivity index is 2.31. The van der Waals surface area contributed by atoms with Crippen molar-refractivity contribution in [1.29, 1.82) is 0 Å². The molecule has 0 atom stereocenters. The van der Waals surface area contributed by atoms with E-state index in [4.69, 9.17) is 16.7 Å². The number of benzene rings is 1. The Morgan fingerprint density at radius 3 is 2.61 bits per heavy atom. The highest BCUT2D eigenvalue weighted by atomic mass is 79.9. The fourth-order valence-corrected chi connectivity index (χ4v) is 2.76. The lowest BCUT2D eigenvalue weighted by atomic mass is 10.2. The second-order valence-corrected chi connectivity index (χ2v) is 5.86. The summed E-state index contributed by atoms with van der Waals surface area (Å²) in [6.07, 6.45) is 1.57. The standard InChI is InChI=1S/C12H8Br2ClNO2/c13-9-2-1-7(10(15)4-9)5-16-6-8(12(17)18)3-11(16)14/h1-4,6H,5H2,(H,17,18). The van der Waals surface area contributed by atoms with Gasteiger partial charge in [0.15, 0.2) is 0 Å². The first-order chi connectivity index (χ1) is 8.47. The topological polar surface area (TPSA) is 42.2 Å². The van der Waals surface area contributed by atoms with Crippen LogP contribution in [0.2, 0.25) is 5.02 Å². The van der Waals surface area contributed by atoms with Crippen molar-refractivity contribution in [2.24, 2.45) is 0 Å². The molecule has 0 amide bonds. The summed E-state index contributed by atoms with van der Waals surface area (Å²) >= 11 is 12.8. The van der Waals surface area contributed by atoms with E-state index in [1.54, 1.807) is 16.8 Å². The van der Waals surface area contributed by atoms with Gasteiger partial charge in [0.2, 0.25) is 0 Å². The molecule has 0 saturated carbocycles. The molecule has 0 radical (unpaired) electrons. The van der Waals surface area contributed by atoms with Crippen LogP contribution in [0.5, 0.6) is 0 Å². The van der Waals surface area contributed by atoms with E-state index in [9.17, 15) is 4.79 Å². The van der Waals surface area contributed by atoms with E-state index in [-0.39, 0.29) is 5.56 Å². The maximum atomic E-state index is 10.9. The Bertz CT molecular complexity index is 610. The van der Waals surface area contributed by atoms with Crippen LogP contribution in [0.25, 0.3) is 0 Å². The quantitative estimate of drug-likeness (QED) is 0.839. The third-order valence-corrected chi connectivity index (χ3v) is 3.98. The van der Waals surface area contributed by atoms with E-state index >= 15 is 0 Å². The maximum Gasteiger partial charge on any atom is 0.337 e. The molecule has 0 aliphatic carbocycles. The first kappa shape index (κ1) is 13.6. The van der Waals surface area contributed by atoms with E-state index in [0.717, 1.165) is 10.0 Å². The van der Waals surface area contributed by atoms with Crippen LogP contribution in [0.4, 0.5) is 0 Å². The molecule has 94 valence electrons. The second-order valence-electron chi connectivity index (χ2n) is 3.72. The minimum Gasteiger partial charge on any atom is -0.478 e. The van der Waals surface area contributed by atoms with Crippen molar-refractivity contribution < 1.29 is 9.90 Å². The van der Waals surface area contributed by atoms with Crippen molar-refractivity contribution in [1.82, 2.24) is 4.57 Å². The number of carboxylic acids is 1. The zero-order valence-corrected chi connectivity index (χ0v) is 13.0. The van der Waals surface area contributed by atoms with Crippen molar-refractivity contribution >= 4 is 49.4 Å². The minimum atomic E-state index is -0.948. The number of nitrogens with zero attached hydrogens (tertiary/aromatic N) is 1. The molecule has 3 nitrogen and oxygen atoms in total. The number of carboxylic acid groups (broad SMARTS) is 1. The van der Waals surface area contributed by atoms with E-state index < -0.39 is 5.97 Å². The highest BCUT2D eigenvalue weighted by molar-refractivity contribution is 9.10. The van der Waals surface area contributed by atoms with Crippen molar-refractivity contribution in [3.63, 3.8) is 0 Å². The lowest BCUT2D eigenvalue weighted by Gasteiger charge is -2.07. The third kappa shape index (κ3) is 2.96. The summed E-state index contributed by atoms with van der Waals surface area (Å²) in [5, 5.41) is 9.55. The molecule has 18 heavy (non-hydrogen) atoms. The Hall–Kier alpha value is -0.780. The molecule has 0 aliphatic rings. The number of aromatic carboxylic acids is 1. The van der Waals surface area contributed by atoms with Gasteiger partial charge in [-0.15, -0.1) is 0 Å². The molecule has 1 N–H and O–H groups in total. The van der Waals surface area contributed by atoms with Gasteiger partial charge in [0, 0.05) is 22.2 Å². The van der Waals surface area contributed by atoms with Crippen molar-refractivity contribution in [3.8, 4) is 0 Å². The van der Waals surface area contributed by atoms with E-state index in [0.29, 0.717) is 16.2 Å². The van der Waals surface area contributed by atoms with Crippen LogP contribution in [0, 0.1) is 0 Å². The number of carbonyl (C=O) groups is 1. The SMILES string of the molecule is O=C(O)c1cc(Br)n(Cc2ccc(Br)cc2Cl)c1. The van der Waals surface area contributed by atoms with Gasteiger partial charge >= 0.3 is 5.97 Å².